The lowest BCUT2D eigenvalue weighted by Crippen LogP contribution is -2.04. The minimum absolute atomic E-state index is 0.0647. The van der Waals surface area contributed by atoms with Gasteiger partial charge in [-0.25, -0.2) is 0 Å². The molecule has 0 aliphatic rings. The van der Waals surface area contributed by atoms with E-state index in [1.165, 1.54) is 41.6 Å². The summed E-state index contributed by atoms with van der Waals surface area (Å²) in [5.74, 6) is -0.0647. The minimum Gasteiger partial charge on any atom is -0.461 e. The van der Waals surface area contributed by atoms with Gasteiger partial charge in [0.15, 0.2) is 0 Å². The van der Waals surface area contributed by atoms with Crippen molar-refractivity contribution in [3.8, 4) is 0 Å². The van der Waals surface area contributed by atoms with Crippen molar-refractivity contribution in [3.63, 3.8) is 0 Å². The maximum Gasteiger partial charge on any atom is 0.306 e. The third-order valence-electron chi connectivity index (χ3n) is 5.06. The summed E-state index contributed by atoms with van der Waals surface area (Å²) in [6.45, 7) is 13.5. The molecule has 0 aromatic heterocycles. The molecule has 2 heteroatoms. The summed E-state index contributed by atoms with van der Waals surface area (Å²) in [5, 5.41) is 0. The first-order chi connectivity index (χ1) is 13.8. The molecule has 0 heterocycles. The second kappa shape index (κ2) is 18.5. The summed E-state index contributed by atoms with van der Waals surface area (Å²) in [7, 11) is 0. The summed E-state index contributed by atoms with van der Waals surface area (Å²) in [6, 6.07) is 0. The van der Waals surface area contributed by atoms with Crippen LogP contribution in [-0.2, 0) is 9.53 Å². The van der Waals surface area contributed by atoms with Crippen molar-refractivity contribution in [3.05, 3.63) is 46.6 Å². The molecular weight excluding hydrogens is 356 g/mol. The number of unbranched alkanes of at least 4 members (excludes halogenated alkanes) is 3. The van der Waals surface area contributed by atoms with Gasteiger partial charge in [0, 0.05) is 6.42 Å². The highest BCUT2D eigenvalue weighted by molar-refractivity contribution is 5.69. The average Bonchev–Trinajstić information content (AvgIpc) is 2.65. The number of rotatable bonds is 16. The number of ether oxygens (including phenoxy) is 1. The van der Waals surface area contributed by atoms with E-state index < -0.39 is 0 Å². The first-order valence-corrected chi connectivity index (χ1v) is 11.6. The molecule has 0 aromatic carbocycles. The van der Waals surface area contributed by atoms with Crippen molar-refractivity contribution < 1.29 is 9.53 Å². The lowest BCUT2D eigenvalue weighted by atomic mass is 10.0. The fraction of sp³-hybridized carbons (Fsp3) is 0.667. The van der Waals surface area contributed by atoms with Gasteiger partial charge in [-0.05, 0) is 85.6 Å². The molecule has 166 valence electrons. The molecule has 0 fully saturated rings. The molecule has 0 amide bonds. The second-order valence-corrected chi connectivity index (χ2v) is 8.54. The Labute approximate surface area is 181 Å². The van der Waals surface area contributed by atoms with Crippen molar-refractivity contribution >= 4 is 5.97 Å². The molecule has 0 atom stereocenters. The summed E-state index contributed by atoms with van der Waals surface area (Å²) < 4.78 is 5.30. The predicted molar refractivity (Wildman–Crippen MR) is 128 cm³/mol. The lowest BCUT2D eigenvalue weighted by molar-refractivity contribution is -0.142. The standard InChI is InChI=1S/C27H46O2/c1-7-8-9-10-20-27(28)29-22-21-26(6)19-13-18-25(5)17-12-16-24(4)15-11-14-23(2)3/h14,16,18,21H,7-13,15,17,19-20,22H2,1-6H3/b24-16+,25-18+,26-21+. The van der Waals surface area contributed by atoms with Gasteiger partial charge >= 0.3 is 5.97 Å². The Morgan fingerprint density at radius 1 is 0.655 bits per heavy atom. The first kappa shape index (κ1) is 27.4. The van der Waals surface area contributed by atoms with Crippen LogP contribution < -0.4 is 0 Å². The van der Waals surface area contributed by atoms with Crippen molar-refractivity contribution in [2.24, 2.45) is 0 Å². The van der Waals surface area contributed by atoms with E-state index in [4.69, 9.17) is 4.74 Å². The lowest BCUT2D eigenvalue weighted by Gasteiger charge is -2.04. The van der Waals surface area contributed by atoms with Crippen molar-refractivity contribution in [1.29, 1.82) is 0 Å². The Balaban J connectivity index is 3.95. The van der Waals surface area contributed by atoms with Crippen molar-refractivity contribution in [2.75, 3.05) is 6.61 Å². The van der Waals surface area contributed by atoms with Crippen LogP contribution in [0.2, 0.25) is 0 Å². The van der Waals surface area contributed by atoms with Gasteiger partial charge in [-0.3, -0.25) is 4.79 Å². The van der Waals surface area contributed by atoms with E-state index in [1.807, 2.05) is 6.08 Å². The zero-order valence-electron chi connectivity index (χ0n) is 20.1. The molecule has 0 N–H and O–H groups in total. The molecule has 0 saturated carbocycles. The quantitative estimate of drug-likeness (QED) is 0.147. The largest absolute Gasteiger partial charge is 0.461 e. The number of carbonyl (C=O) groups excluding carboxylic acids is 1. The smallest absolute Gasteiger partial charge is 0.306 e. The van der Waals surface area contributed by atoms with Crippen LogP contribution in [-0.4, -0.2) is 12.6 Å². The van der Waals surface area contributed by atoms with Crippen LogP contribution in [0.3, 0.4) is 0 Å². The van der Waals surface area contributed by atoms with E-state index in [0.29, 0.717) is 13.0 Å². The second-order valence-electron chi connectivity index (χ2n) is 8.54. The molecule has 0 bridgehead atoms. The third-order valence-corrected chi connectivity index (χ3v) is 5.06. The van der Waals surface area contributed by atoms with E-state index in [1.54, 1.807) is 0 Å². The molecule has 0 rings (SSSR count). The van der Waals surface area contributed by atoms with Gasteiger partial charge in [0.25, 0.3) is 0 Å². The van der Waals surface area contributed by atoms with E-state index in [2.05, 4.69) is 59.8 Å². The van der Waals surface area contributed by atoms with Crippen LogP contribution in [0.25, 0.3) is 0 Å². The molecular formula is C27H46O2. The van der Waals surface area contributed by atoms with Gasteiger partial charge in [0.05, 0.1) is 0 Å². The molecule has 29 heavy (non-hydrogen) atoms. The monoisotopic (exact) mass is 402 g/mol. The highest BCUT2D eigenvalue weighted by Gasteiger charge is 2.01. The minimum atomic E-state index is -0.0647. The summed E-state index contributed by atoms with van der Waals surface area (Å²) >= 11 is 0. The Bertz CT molecular complexity index is 557. The molecule has 0 unspecified atom stereocenters. The number of allylic oxidation sites excluding steroid dienone is 7. The van der Waals surface area contributed by atoms with Gasteiger partial charge in [-0.15, -0.1) is 0 Å². The van der Waals surface area contributed by atoms with Gasteiger partial charge < -0.3 is 4.74 Å². The maximum absolute atomic E-state index is 11.7. The van der Waals surface area contributed by atoms with Crippen molar-refractivity contribution in [2.45, 2.75) is 112 Å². The molecule has 0 spiro atoms. The van der Waals surface area contributed by atoms with E-state index in [9.17, 15) is 4.79 Å². The molecule has 2 nitrogen and oxygen atoms in total. The maximum atomic E-state index is 11.7. The van der Waals surface area contributed by atoms with E-state index in [0.717, 1.165) is 44.9 Å². The van der Waals surface area contributed by atoms with Gasteiger partial charge in [-0.2, -0.15) is 0 Å². The molecule has 0 radical (unpaired) electrons. The first-order valence-electron chi connectivity index (χ1n) is 11.6. The number of esters is 1. The summed E-state index contributed by atoms with van der Waals surface area (Å²) in [5.41, 5.74) is 5.66. The third kappa shape index (κ3) is 19.5. The SMILES string of the molecule is CCCCCCC(=O)OC/C=C(\C)CC/C=C(\C)CC/C=C(\C)CCC=C(C)C. The molecule has 0 saturated heterocycles. The summed E-state index contributed by atoms with van der Waals surface area (Å²) in [4.78, 5) is 11.7. The zero-order chi connectivity index (χ0) is 21.9. The highest BCUT2D eigenvalue weighted by Crippen LogP contribution is 2.13. The van der Waals surface area contributed by atoms with Gasteiger partial charge in [0.1, 0.15) is 6.61 Å². The van der Waals surface area contributed by atoms with Crippen LogP contribution in [0.15, 0.2) is 46.6 Å². The number of hydrogen-bond donors (Lipinski definition) is 0. The van der Waals surface area contributed by atoms with E-state index in [-0.39, 0.29) is 5.97 Å². The number of hydrogen-bond acceptors (Lipinski definition) is 2. The zero-order valence-corrected chi connectivity index (χ0v) is 20.1. The van der Waals surface area contributed by atoms with E-state index >= 15 is 0 Å². The van der Waals surface area contributed by atoms with Gasteiger partial charge in [-0.1, -0.05) is 66.7 Å². The van der Waals surface area contributed by atoms with Crippen molar-refractivity contribution in [1.82, 2.24) is 0 Å². The van der Waals surface area contributed by atoms with Crippen LogP contribution >= 0.6 is 0 Å². The number of carbonyl (C=O) groups is 1. The van der Waals surface area contributed by atoms with Crippen LogP contribution in [0, 0.1) is 0 Å². The molecule has 0 aliphatic heterocycles. The Kier molecular flexibility index (Phi) is 17.5. The molecule has 0 aliphatic carbocycles. The average molecular weight is 403 g/mol. The van der Waals surface area contributed by atoms with Crippen LogP contribution in [0.4, 0.5) is 0 Å². The van der Waals surface area contributed by atoms with Crippen LogP contribution in [0.5, 0.6) is 0 Å². The fourth-order valence-corrected chi connectivity index (χ4v) is 3.03. The normalized spacial score (nSPS) is 12.8. The van der Waals surface area contributed by atoms with Gasteiger partial charge in [0.2, 0.25) is 0 Å². The summed E-state index contributed by atoms with van der Waals surface area (Å²) in [6.07, 6.45) is 20.8. The predicted octanol–water partition coefficient (Wildman–Crippen LogP) is 8.65. The van der Waals surface area contributed by atoms with Crippen LogP contribution in [0.1, 0.15) is 112 Å². The Morgan fingerprint density at radius 3 is 1.69 bits per heavy atom. The fourth-order valence-electron chi connectivity index (χ4n) is 3.03. The molecule has 0 aromatic rings. The Hall–Kier alpha value is -1.57. The highest BCUT2D eigenvalue weighted by atomic mass is 16.5. The topological polar surface area (TPSA) is 26.3 Å². The Morgan fingerprint density at radius 2 is 1.17 bits per heavy atom.